The van der Waals surface area contributed by atoms with Gasteiger partial charge < -0.3 is 10.1 Å². The Morgan fingerprint density at radius 1 is 1.33 bits per heavy atom. The molecule has 1 N–H and O–H groups in total. The van der Waals surface area contributed by atoms with Crippen LogP contribution in [0.3, 0.4) is 0 Å². The largest absolute Gasteiger partial charge is 0.374 e. The minimum atomic E-state index is 0.0571. The van der Waals surface area contributed by atoms with Gasteiger partial charge in [0.15, 0.2) is 0 Å². The molecule has 0 spiro atoms. The first-order valence-electron chi connectivity index (χ1n) is 6.47. The normalized spacial score (nSPS) is 29.4. The zero-order chi connectivity index (χ0) is 11.3. The highest BCUT2D eigenvalue weighted by Gasteiger charge is 2.37. The average Bonchev–Trinajstić information content (AvgIpc) is 2.18. The highest BCUT2D eigenvalue weighted by Crippen LogP contribution is 2.31. The van der Waals surface area contributed by atoms with Gasteiger partial charge in [0.1, 0.15) is 0 Å². The zero-order valence-electron chi connectivity index (χ0n) is 10.8. The van der Waals surface area contributed by atoms with Crippen molar-refractivity contribution in [3.8, 4) is 0 Å². The fourth-order valence-corrected chi connectivity index (χ4v) is 2.66. The van der Waals surface area contributed by atoms with E-state index in [1.54, 1.807) is 0 Å². The van der Waals surface area contributed by atoms with Crippen molar-refractivity contribution in [2.75, 3.05) is 13.2 Å². The maximum Gasteiger partial charge on any atom is 0.0809 e. The number of rotatable bonds is 5. The van der Waals surface area contributed by atoms with Gasteiger partial charge in [-0.15, -0.1) is 0 Å². The zero-order valence-corrected chi connectivity index (χ0v) is 10.8. The number of ether oxygens (including phenoxy) is 1. The molecule has 0 bridgehead atoms. The summed E-state index contributed by atoms with van der Waals surface area (Å²) in [6, 6.07) is 0.498. The molecule has 1 heterocycles. The van der Waals surface area contributed by atoms with E-state index in [0.29, 0.717) is 12.0 Å². The van der Waals surface area contributed by atoms with E-state index >= 15 is 0 Å². The second kappa shape index (κ2) is 5.86. The van der Waals surface area contributed by atoms with E-state index in [0.717, 1.165) is 13.2 Å². The Bertz CT molecular complexity index is 173. The summed E-state index contributed by atoms with van der Waals surface area (Å²) in [4.78, 5) is 0. The van der Waals surface area contributed by atoms with Gasteiger partial charge in [-0.05, 0) is 45.1 Å². The van der Waals surface area contributed by atoms with Crippen LogP contribution >= 0.6 is 0 Å². The molecule has 90 valence electrons. The van der Waals surface area contributed by atoms with Crippen LogP contribution in [-0.4, -0.2) is 24.8 Å². The molecule has 1 fully saturated rings. The van der Waals surface area contributed by atoms with Crippen LogP contribution < -0.4 is 5.32 Å². The highest BCUT2D eigenvalue weighted by atomic mass is 16.5. The Kier molecular flexibility index (Phi) is 5.07. The van der Waals surface area contributed by atoms with Gasteiger partial charge in [-0.1, -0.05) is 20.8 Å². The van der Waals surface area contributed by atoms with Gasteiger partial charge >= 0.3 is 0 Å². The van der Waals surface area contributed by atoms with Gasteiger partial charge in [0.2, 0.25) is 0 Å². The SMILES string of the molecule is CCCNC(C(C)C)C1(C)CCCCO1. The van der Waals surface area contributed by atoms with Crippen molar-refractivity contribution < 1.29 is 4.74 Å². The third-order valence-electron chi connectivity index (χ3n) is 3.44. The molecule has 2 atom stereocenters. The topological polar surface area (TPSA) is 21.3 Å². The molecule has 2 heteroatoms. The van der Waals surface area contributed by atoms with Crippen LogP contribution in [0.2, 0.25) is 0 Å². The molecule has 0 radical (unpaired) electrons. The fraction of sp³-hybridized carbons (Fsp3) is 1.00. The summed E-state index contributed by atoms with van der Waals surface area (Å²) in [5, 5.41) is 3.65. The second-order valence-electron chi connectivity index (χ2n) is 5.29. The van der Waals surface area contributed by atoms with Crippen LogP contribution in [0.15, 0.2) is 0 Å². The first-order valence-corrected chi connectivity index (χ1v) is 6.47. The smallest absolute Gasteiger partial charge is 0.0809 e. The third kappa shape index (κ3) is 3.46. The Morgan fingerprint density at radius 3 is 2.53 bits per heavy atom. The van der Waals surface area contributed by atoms with Crippen LogP contribution in [-0.2, 0) is 4.74 Å². The van der Waals surface area contributed by atoms with Crippen LogP contribution in [0.4, 0.5) is 0 Å². The summed E-state index contributed by atoms with van der Waals surface area (Å²) in [7, 11) is 0. The van der Waals surface area contributed by atoms with Crippen molar-refractivity contribution in [2.24, 2.45) is 5.92 Å². The van der Waals surface area contributed by atoms with E-state index in [1.807, 2.05) is 0 Å². The molecule has 0 aromatic carbocycles. The predicted octanol–water partition coefficient (Wildman–Crippen LogP) is 2.97. The lowest BCUT2D eigenvalue weighted by Crippen LogP contribution is -2.55. The molecular formula is C13H27NO. The van der Waals surface area contributed by atoms with Crippen LogP contribution in [0.5, 0.6) is 0 Å². The van der Waals surface area contributed by atoms with Crippen molar-refractivity contribution in [2.45, 2.75) is 65.0 Å². The van der Waals surface area contributed by atoms with E-state index < -0.39 is 0 Å². The number of hydrogen-bond acceptors (Lipinski definition) is 2. The van der Waals surface area contributed by atoms with Crippen molar-refractivity contribution >= 4 is 0 Å². The summed E-state index contributed by atoms with van der Waals surface area (Å²) in [5.41, 5.74) is 0.0571. The van der Waals surface area contributed by atoms with E-state index in [9.17, 15) is 0 Å². The minimum Gasteiger partial charge on any atom is -0.374 e. The lowest BCUT2D eigenvalue weighted by atomic mass is 9.82. The van der Waals surface area contributed by atoms with Crippen molar-refractivity contribution in [3.05, 3.63) is 0 Å². The van der Waals surface area contributed by atoms with Gasteiger partial charge in [0.05, 0.1) is 5.60 Å². The molecule has 1 aliphatic heterocycles. The summed E-state index contributed by atoms with van der Waals surface area (Å²) in [6.07, 6.45) is 4.94. The van der Waals surface area contributed by atoms with E-state index in [4.69, 9.17) is 4.74 Å². The molecule has 0 aromatic heterocycles. The standard InChI is InChI=1S/C13H27NO/c1-5-9-14-12(11(2)3)13(4)8-6-7-10-15-13/h11-12,14H,5-10H2,1-4H3. The first-order chi connectivity index (χ1) is 7.10. The molecule has 1 rings (SSSR count). The van der Waals surface area contributed by atoms with Gasteiger partial charge in [-0.25, -0.2) is 0 Å². The first kappa shape index (κ1) is 13.0. The van der Waals surface area contributed by atoms with Crippen LogP contribution in [0.25, 0.3) is 0 Å². The van der Waals surface area contributed by atoms with E-state index in [-0.39, 0.29) is 5.60 Å². The molecule has 0 aliphatic carbocycles. The van der Waals surface area contributed by atoms with Crippen molar-refractivity contribution in [1.29, 1.82) is 0 Å². The average molecular weight is 213 g/mol. The molecule has 2 unspecified atom stereocenters. The Balaban J connectivity index is 2.59. The molecular weight excluding hydrogens is 186 g/mol. The van der Waals surface area contributed by atoms with Gasteiger partial charge in [0.25, 0.3) is 0 Å². The summed E-state index contributed by atoms with van der Waals surface area (Å²) < 4.78 is 6.02. The van der Waals surface area contributed by atoms with Crippen molar-refractivity contribution in [1.82, 2.24) is 5.32 Å². The number of hydrogen-bond donors (Lipinski definition) is 1. The maximum atomic E-state index is 6.02. The van der Waals surface area contributed by atoms with E-state index in [1.165, 1.54) is 25.7 Å². The van der Waals surface area contributed by atoms with Gasteiger partial charge in [-0.3, -0.25) is 0 Å². The molecule has 0 aromatic rings. The Labute approximate surface area is 94.8 Å². The lowest BCUT2D eigenvalue weighted by molar-refractivity contribution is -0.0974. The second-order valence-corrected chi connectivity index (χ2v) is 5.29. The Morgan fingerprint density at radius 2 is 2.07 bits per heavy atom. The quantitative estimate of drug-likeness (QED) is 0.758. The minimum absolute atomic E-state index is 0.0571. The molecule has 1 saturated heterocycles. The van der Waals surface area contributed by atoms with Crippen LogP contribution in [0.1, 0.15) is 53.4 Å². The van der Waals surface area contributed by atoms with Crippen molar-refractivity contribution in [3.63, 3.8) is 0 Å². The summed E-state index contributed by atoms with van der Waals surface area (Å²) >= 11 is 0. The van der Waals surface area contributed by atoms with Gasteiger partial charge in [-0.2, -0.15) is 0 Å². The fourth-order valence-electron chi connectivity index (χ4n) is 2.66. The lowest BCUT2D eigenvalue weighted by Gasteiger charge is -2.43. The molecule has 0 amide bonds. The number of nitrogens with one attached hydrogen (secondary N) is 1. The molecule has 15 heavy (non-hydrogen) atoms. The predicted molar refractivity (Wildman–Crippen MR) is 65.1 cm³/mol. The molecule has 2 nitrogen and oxygen atoms in total. The van der Waals surface area contributed by atoms with E-state index in [2.05, 4.69) is 33.0 Å². The summed E-state index contributed by atoms with van der Waals surface area (Å²) in [5.74, 6) is 0.639. The third-order valence-corrected chi connectivity index (χ3v) is 3.44. The Hall–Kier alpha value is -0.0800. The van der Waals surface area contributed by atoms with Gasteiger partial charge in [0, 0.05) is 12.6 Å². The highest BCUT2D eigenvalue weighted by molar-refractivity contribution is 4.93. The molecule has 0 saturated carbocycles. The van der Waals surface area contributed by atoms with Crippen LogP contribution in [0, 0.1) is 5.92 Å². The monoisotopic (exact) mass is 213 g/mol. The maximum absolute atomic E-state index is 6.02. The summed E-state index contributed by atoms with van der Waals surface area (Å²) in [6.45, 7) is 11.1. The molecule has 1 aliphatic rings.